The van der Waals surface area contributed by atoms with Crippen LogP contribution in [-0.4, -0.2) is 64.9 Å². The highest BCUT2D eigenvalue weighted by molar-refractivity contribution is 7.89. The van der Waals surface area contributed by atoms with Gasteiger partial charge in [0.25, 0.3) is 5.91 Å². The molecule has 0 saturated carbocycles. The molecule has 2 aromatic carbocycles. The first-order valence-electron chi connectivity index (χ1n) is 9.65. The van der Waals surface area contributed by atoms with Crippen LogP contribution in [0.5, 0.6) is 11.5 Å². The van der Waals surface area contributed by atoms with Crippen LogP contribution in [0.15, 0.2) is 52.5 Å². The Kier molecular flexibility index (Phi) is 7.77. The molecule has 10 nitrogen and oxygen atoms in total. The van der Waals surface area contributed by atoms with Crippen LogP contribution in [0.25, 0.3) is 0 Å². The van der Waals surface area contributed by atoms with Crippen LogP contribution in [0.1, 0.15) is 15.9 Å². The second-order valence-corrected chi connectivity index (χ2v) is 8.54. The largest absolute Gasteiger partial charge is 0.493 e. The van der Waals surface area contributed by atoms with Gasteiger partial charge in [-0.1, -0.05) is 6.07 Å². The fourth-order valence-corrected chi connectivity index (χ4v) is 4.41. The number of nitrogens with one attached hydrogen (secondary N) is 1. The number of ether oxygens (including phenoxy) is 3. The van der Waals surface area contributed by atoms with Crippen molar-refractivity contribution in [3.63, 3.8) is 0 Å². The van der Waals surface area contributed by atoms with E-state index in [9.17, 15) is 13.2 Å². The topological polar surface area (TPSA) is 130 Å². The Labute approximate surface area is 186 Å². The van der Waals surface area contributed by atoms with Crippen molar-refractivity contribution in [2.75, 3.05) is 40.0 Å². The van der Waals surface area contributed by atoms with Crippen LogP contribution >= 0.6 is 0 Å². The number of nitrogens with zero attached hydrogens (tertiary/aromatic N) is 3. The highest BCUT2D eigenvalue weighted by Gasteiger charge is 2.26. The van der Waals surface area contributed by atoms with Crippen molar-refractivity contribution in [1.82, 2.24) is 9.73 Å². The summed E-state index contributed by atoms with van der Waals surface area (Å²) in [5.74, 6) is 0.270. The number of morpholine rings is 1. The summed E-state index contributed by atoms with van der Waals surface area (Å²) in [6, 6.07) is 12.6. The van der Waals surface area contributed by atoms with Gasteiger partial charge in [-0.15, -0.1) is 0 Å². The van der Waals surface area contributed by atoms with Crippen molar-refractivity contribution >= 4 is 22.1 Å². The lowest BCUT2D eigenvalue weighted by Crippen LogP contribution is -2.40. The van der Waals surface area contributed by atoms with E-state index in [0.29, 0.717) is 30.3 Å². The molecule has 0 aromatic heterocycles. The maximum Gasteiger partial charge on any atom is 0.271 e. The number of hydrogen-bond donors (Lipinski definition) is 1. The molecule has 11 heteroatoms. The Balaban J connectivity index is 1.68. The zero-order valence-electron chi connectivity index (χ0n) is 17.4. The number of nitriles is 1. The third-order valence-corrected chi connectivity index (χ3v) is 6.46. The number of amides is 1. The van der Waals surface area contributed by atoms with Gasteiger partial charge < -0.3 is 14.2 Å². The molecule has 0 aliphatic carbocycles. The number of sulfonamides is 1. The molecule has 2 aromatic rings. The van der Waals surface area contributed by atoms with Crippen molar-refractivity contribution in [1.29, 1.82) is 5.26 Å². The molecule has 1 heterocycles. The van der Waals surface area contributed by atoms with E-state index in [4.69, 9.17) is 19.5 Å². The van der Waals surface area contributed by atoms with Crippen molar-refractivity contribution in [2.45, 2.75) is 4.90 Å². The van der Waals surface area contributed by atoms with Gasteiger partial charge in [-0.05, 0) is 42.0 Å². The zero-order chi connectivity index (χ0) is 23.0. The van der Waals surface area contributed by atoms with Gasteiger partial charge in [0.1, 0.15) is 6.07 Å². The Bertz CT molecular complexity index is 1140. The van der Waals surface area contributed by atoms with E-state index < -0.39 is 15.9 Å². The summed E-state index contributed by atoms with van der Waals surface area (Å²) in [5.41, 5.74) is 3.16. The number of benzene rings is 2. The molecule has 1 saturated heterocycles. The first-order valence-corrected chi connectivity index (χ1v) is 11.1. The number of carbonyl (C=O) groups is 1. The van der Waals surface area contributed by atoms with Crippen molar-refractivity contribution in [3.8, 4) is 17.6 Å². The first-order chi connectivity index (χ1) is 15.5. The third-order valence-electron chi connectivity index (χ3n) is 4.56. The Morgan fingerprint density at radius 3 is 2.75 bits per heavy atom. The predicted octanol–water partition coefficient (Wildman–Crippen LogP) is 1.38. The monoisotopic (exact) mass is 458 g/mol. The predicted molar refractivity (Wildman–Crippen MR) is 115 cm³/mol. The van der Waals surface area contributed by atoms with Crippen LogP contribution in [0.4, 0.5) is 0 Å². The minimum atomic E-state index is -3.71. The van der Waals surface area contributed by atoms with Crippen molar-refractivity contribution in [2.24, 2.45) is 5.10 Å². The van der Waals surface area contributed by atoms with E-state index in [1.54, 1.807) is 18.2 Å². The molecular weight excluding hydrogens is 436 g/mol. The fourth-order valence-electron chi connectivity index (χ4n) is 2.96. The molecule has 0 spiro atoms. The lowest BCUT2D eigenvalue weighted by Gasteiger charge is -2.26. The summed E-state index contributed by atoms with van der Waals surface area (Å²) < 4.78 is 42.6. The highest BCUT2D eigenvalue weighted by atomic mass is 32.2. The van der Waals surface area contributed by atoms with E-state index in [1.807, 2.05) is 6.07 Å². The summed E-state index contributed by atoms with van der Waals surface area (Å²) in [4.78, 5) is 12.5. The number of hydrazone groups is 1. The van der Waals surface area contributed by atoms with Crippen LogP contribution in [0.2, 0.25) is 0 Å². The second-order valence-electron chi connectivity index (χ2n) is 6.60. The smallest absolute Gasteiger partial charge is 0.271 e. The van der Waals surface area contributed by atoms with E-state index >= 15 is 0 Å². The molecule has 1 fully saturated rings. The average molecular weight is 458 g/mol. The number of carbonyl (C=O) groups excluding carboxylic acids is 1. The minimum Gasteiger partial charge on any atom is -0.493 e. The lowest BCUT2D eigenvalue weighted by molar-refractivity contribution is 0.0730. The molecule has 168 valence electrons. The Morgan fingerprint density at radius 1 is 1.25 bits per heavy atom. The third kappa shape index (κ3) is 5.61. The molecule has 1 aliphatic rings. The van der Waals surface area contributed by atoms with Crippen molar-refractivity contribution < 1.29 is 27.4 Å². The fraction of sp³-hybridized carbons (Fsp3) is 0.286. The molecule has 3 rings (SSSR count). The van der Waals surface area contributed by atoms with E-state index in [0.717, 1.165) is 0 Å². The molecule has 1 N–H and O–H groups in total. The van der Waals surface area contributed by atoms with Gasteiger partial charge in [-0.3, -0.25) is 4.79 Å². The Hall–Kier alpha value is -3.46. The molecule has 0 atom stereocenters. The van der Waals surface area contributed by atoms with Crippen LogP contribution < -0.4 is 14.9 Å². The second kappa shape index (κ2) is 10.7. The quantitative estimate of drug-likeness (QED) is 0.467. The van der Waals surface area contributed by atoms with Gasteiger partial charge in [0.05, 0.1) is 31.4 Å². The summed E-state index contributed by atoms with van der Waals surface area (Å²) in [6.45, 7) is 1.11. The van der Waals surface area contributed by atoms with Gasteiger partial charge in [-0.25, -0.2) is 13.8 Å². The van der Waals surface area contributed by atoms with Gasteiger partial charge in [0, 0.05) is 18.7 Å². The van der Waals surface area contributed by atoms with Gasteiger partial charge in [0.2, 0.25) is 10.0 Å². The van der Waals surface area contributed by atoms with Crippen LogP contribution in [-0.2, 0) is 14.8 Å². The highest BCUT2D eigenvalue weighted by Crippen LogP contribution is 2.27. The lowest BCUT2D eigenvalue weighted by atomic mass is 10.2. The average Bonchev–Trinajstić information content (AvgIpc) is 2.83. The molecular formula is C21H22N4O6S. The maximum absolute atomic E-state index is 12.8. The molecule has 0 bridgehead atoms. The Morgan fingerprint density at radius 2 is 2.03 bits per heavy atom. The maximum atomic E-state index is 12.8. The molecule has 0 radical (unpaired) electrons. The van der Waals surface area contributed by atoms with Crippen molar-refractivity contribution in [3.05, 3.63) is 53.6 Å². The van der Waals surface area contributed by atoms with Crippen LogP contribution in [0, 0.1) is 11.3 Å². The zero-order valence-corrected chi connectivity index (χ0v) is 18.2. The number of rotatable bonds is 8. The number of methoxy groups -OCH3 is 1. The van der Waals surface area contributed by atoms with E-state index in [1.165, 1.54) is 41.9 Å². The summed E-state index contributed by atoms with van der Waals surface area (Å²) in [6.07, 6.45) is 1.41. The standard InChI is InChI=1S/C21H22N4O6S/c1-29-20-13-16(5-6-19(20)31-10-7-22)15-23-24-21(26)17-3-2-4-18(14-17)32(27,28)25-8-11-30-12-9-25/h2-6,13-15H,8-12H2,1H3,(H,24,26). The molecule has 1 aliphatic heterocycles. The van der Waals surface area contributed by atoms with Crippen LogP contribution in [0.3, 0.4) is 0 Å². The summed E-state index contributed by atoms with van der Waals surface area (Å²) >= 11 is 0. The SMILES string of the molecule is COc1cc(C=NNC(=O)c2cccc(S(=O)(=O)N3CCOCC3)c2)ccc1OCC#N. The minimum absolute atomic E-state index is 0.0359. The van der Waals surface area contributed by atoms with Gasteiger partial charge in [-0.2, -0.15) is 14.7 Å². The van der Waals surface area contributed by atoms with Gasteiger partial charge >= 0.3 is 0 Å². The van der Waals surface area contributed by atoms with Gasteiger partial charge in [0.15, 0.2) is 18.1 Å². The van der Waals surface area contributed by atoms with E-state index in [-0.39, 0.29) is 30.2 Å². The molecule has 0 unspecified atom stereocenters. The first kappa shape index (κ1) is 23.2. The van der Waals surface area contributed by atoms with E-state index in [2.05, 4.69) is 10.5 Å². The summed E-state index contributed by atoms with van der Waals surface area (Å²) in [7, 11) is -2.24. The normalized spacial score (nSPS) is 14.6. The molecule has 1 amide bonds. The molecule has 32 heavy (non-hydrogen) atoms. The summed E-state index contributed by atoms with van der Waals surface area (Å²) in [5, 5.41) is 12.5. The number of hydrogen-bond acceptors (Lipinski definition) is 8.